The van der Waals surface area contributed by atoms with Crippen molar-refractivity contribution in [3.63, 3.8) is 0 Å². The molecule has 100 valence electrons. The Kier molecular flexibility index (Phi) is 3.43. The molecule has 0 spiro atoms. The molecule has 1 aromatic carbocycles. The summed E-state index contributed by atoms with van der Waals surface area (Å²) < 4.78 is 22.6. The molecule has 0 aliphatic carbocycles. The van der Waals surface area contributed by atoms with Crippen LogP contribution in [0.15, 0.2) is 29.2 Å². The van der Waals surface area contributed by atoms with E-state index in [0.717, 1.165) is 6.26 Å². The zero-order valence-corrected chi connectivity index (χ0v) is 11.3. The highest BCUT2D eigenvalue weighted by Gasteiger charge is 2.12. The molecule has 0 bridgehead atoms. The van der Waals surface area contributed by atoms with E-state index in [-0.39, 0.29) is 17.1 Å². The number of nitrogens with zero attached hydrogens (tertiary/aromatic N) is 4. The fourth-order valence-electron chi connectivity index (χ4n) is 1.53. The van der Waals surface area contributed by atoms with Gasteiger partial charge in [-0.1, -0.05) is 12.1 Å². The van der Waals surface area contributed by atoms with Crippen molar-refractivity contribution in [1.29, 1.82) is 0 Å². The number of tetrazole rings is 1. The van der Waals surface area contributed by atoms with Gasteiger partial charge in [0, 0.05) is 11.8 Å². The minimum atomic E-state index is -3.25. The lowest BCUT2D eigenvalue weighted by atomic mass is 10.1. The first-order chi connectivity index (χ1) is 8.86. The summed E-state index contributed by atoms with van der Waals surface area (Å²) in [5, 5.41) is 11.3. The molecule has 7 nitrogen and oxygen atoms in total. The Morgan fingerprint density at radius 1 is 1.26 bits per heavy atom. The third-order valence-corrected chi connectivity index (χ3v) is 3.60. The Morgan fingerprint density at radius 2 is 1.89 bits per heavy atom. The molecule has 0 radical (unpaired) electrons. The SMILES string of the molecule is Cn1nnc(CC(=O)c2ccc(S(C)(=O)=O)cc2)n1. The Hall–Kier alpha value is -2.09. The van der Waals surface area contributed by atoms with E-state index >= 15 is 0 Å². The average molecular weight is 280 g/mol. The zero-order valence-electron chi connectivity index (χ0n) is 10.4. The topological polar surface area (TPSA) is 94.8 Å². The average Bonchev–Trinajstić information content (AvgIpc) is 2.74. The monoisotopic (exact) mass is 280 g/mol. The van der Waals surface area contributed by atoms with E-state index in [1.54, 1.807) is 7.05 Å². The number of rotatable bonds is 4. The molecule has 8 heteroatoms. The summed E-state index contributed by atoms with van der Waals surface area (Å²) in [6.07, 6.45) is 1.15. The highest BCUT2D eigenvalue weighted by atomic mass is 32.2. The number of benzene rings is 1. The second-order valence-electron chi connectivity index (χ2n) is 4.09. The smallest absolute Gasteiger partial charge is 0.182 e. The van der Waals surface area contributed by atoms with Gasteiger partial charge in [-0.25, -0.2) is 8.42 Å². The quantitative estimate of drug-likeness (QED) is 0.734. The number of hydrogen-bond donors (Lipinski definition) is 0. The summed E-state index contributed by atoms with van der Waals surface area (Å²) in [5.41, 5.74) is 0.417. The minimum absolute atomic E-state index is 0.0338. The molecule has 19 heavy (non-hydrogen) atoms. The van der Waals surface area contributed by atoms with E-state index < -0.39 is 9.84 Å². The van der Waals surface area contributed by atoms with Gasteiger partial charge in [0.15, 0.2) is 21.4 Å². The maximum atomic E-state index is 11.9. The van der Waals surface area contributed by atoms with Crippen LogP contribution in [-0.2, 0) is 23.3 Å². The van der Waals surface area contributed by atoms with Crippen molar-refractivity contribution in [1.82, 2.24) is 20.2 Å². The van der Waals surface area contributed by atoms with Gasteiger partial charge < -0.3 is 0 Å². The van der Waals surface area contributed by atoms with E-state index in [9.17, 15) is 13.2 Å². The molecule has 0 amide bonds. The molecule has 0 unspecified atom stereocenters. The van der Waals surface area contributed by atoms with Crippen LogP contribution in [0.3, 0.4) is 0 Å². The Balaban J connectivity index is 2.16. The Bertz CT molecular complexity index is 704. The van der Waals surface area contributed by atoms with Gasteiger partial charge in [0.2, 0.25) is 0 Å². The van der Waals surface area contributed by atoms with Crippen molar-refractivity contribution in [2.45, 2.75) is 11.3 Å². The van der Waals surface area contributed by atoms with Crippen molar-refractivity contribution in [3.8, 4) is 0 Å². The number of hydrogen-bond acceptors (Lipinski definition) is 6. The third kappa shape index (κ3) is 3.22. The van der Waals surface area contributed by atoms with Crippen molar-refractivity contribution in [2.24, 2.45) is 7.05 Å². The first kappa shape index (κ1) is 13.3. The van der Waals surface area contributed by atoms with Gasteiger partial charge in [0.1, 0.15) is 0 Å². The van der Waals surface area contributed by atoms with Crippen LogP contribution < -0.4 is 0 Å². The summed E-state index contributed by atoms with van der Waals surface area (Å²) >= 11 is 0. The number of Topliss-reactive ketones (excluding diaryl/α,β-unsaturated/α-hetero) is 1. The Morgan fingerprint density at radius 3 is 2.37 bits per heavy atom. The first-order valence-electron chi connectivity index (χ1n) is 5.42. The molecule has 1 aromatic heterocycles. The van der Waals surface area contributed by atoms with Gasteiger partial charge in [-0.2, -0.15) is 4.80 Å². The number of carbonyl (C=O) groups excluding carboxylic acids is 1. The van der Waals surface area contributed by atoms with Crippen LogP contribution in [0.1, 0.15) is 16.2 Å². The number of ketones is 1. The van der Waals surface area contributed by atoms with E-state index in [0.29, 0.717) is 11.4 Å². The van der Waals surface area contributed by atoms with Crippen LogP contribution >= 0.6 is 0 Å². The van der Waals surface area contributed by atoms with Gasteiger partial charge in [-0.15, -0.1) is 10.2 Å². The molecule has 0 aliphatic rings. The molecule has 0 atom stereocenters. The molecule has 2 aromatic rings. The van der Waals surface area contributed by atoms with Crippen LogP contribution in [0.4, 0.5) is 0 Å². The standard InChI is InChI=1S/C11H12N4O3S/c1-15-13-11(12-14-15)7-10(16)8-3-5-9(6-4-8)19(2,17)18/h3-6H,7H2,1-2H3. The molecular weight excluding hydrogens is 268 g/mol. The fourth-order valence-corrected chi connectivity index (χ4v) is 2.16. The van der Waals surface area contributed by atoms with Crippen molar-refractivity contribution >= 4 is 15.6 Å². The predicted molar refractivity (Wildman–Crippen MR) is 66.4 cm³/mol. The van der Waals surface area contributed by atoms with Crippen LogP contribution in [0.5, 0.6) is 0 Å². The number of aryl methyl sites for hydroxylation is 1. The normalized spacial score (nSPS) is 11.5. The highest BCUT2D eigenvalue weighted by molar-refractivity contribution is 7.90. The van der Waals surface area contributed by atoms with E-state index in [1.165, 1.54) is 29.1 Å². The predicted octanol–water partition coefficient (Wildman–Crippen LogP) is 0.0390. The second kappa shape index (κ2) is 4.88. The summed E-state index contributed by atoms with van der Waals surface area (Å²) in [4.78, 5) is 13.4. The van der Waals surface area contributed by atoms with Gasteiger partial charge in [0.05, 0.1) is 18.4 Å². The third-order valence-electron chi connectivity index (χ3n) is 2.47. The molecule has 0 N–H and O–H groups in total. The zero-order chi connectivity index (χ0) is 14.0. The van der Waals surface area contributed by atoms with E-state index in [2.05, 4.69) is 15.4 Å². The van der Waals surface area contributed by atoms with Gasteiger partial charge in [-0.3, -0.25) is 4.79 Å². The van der Waals surface area contributed by atoms with Crippen molar-refractivity contribution < 1.29 is 13.2 Å². The lowest BCUT2D eigenvalue weighted by Gasteiger charge is -2.00. The van der Waals surface area contributed by atoms with Crippen LogP contribution in [0, 0.1) is 0 Å². The van der Waals surface area contributed by atoms with Gasteiger partial charge >= 0.3 is 0 Å². The van der Waals surface area contributed by atoms with E-state index in [4.69, 9.17) is 0 Å². The second-order valence-corrected chi connectivity index (χ2v) is 6.11. The van der Waals surface area contributed by atoms with Crippen LogP contribution in [0.2, 0.25) is 0 Å². The van der Waals surface area contributed by atoms with Gasteiger partial charge in [0.25, 0.3) is 0 Å². The van der Waals surface area contributed by atoms with Crippen LogP contribution in [0.25, 0.3) is 0 Å². The number of carbonyl (C=O) groups is 1. The van der Waals surface area contributed by atoms with E-state index in [1.807, 2.05) is 0 Å². The lowest BCUT2D eigenvalue weighted by Crippen LogP contribution is -2.06. The van der Waals surface area contributed by atoms with Crippen molar-refractivity contribution in [3.05, 3.63) is 35.7 Å². The maximum Gasteiger partial charge on any atom is 0.182 e. The Labute approximate surface area is 110 Å². The highest BCUT2D eigenvalue weighted by Crippen LogP contribution is 2.11. The van der Waals surface area contributed by atoms with Crippen LogP contribution in [-0.4, -0.2) is 40.7 Å². The summed E-state index contributed by atoms with van der Waals surface area (Å²) in [6, 6.07) is 5.78. The fraction of sp³-hybridized carbons (Fsp3) is 0.273. The summed E-state index contributed by atoms with van der Waals surface area (Å²) in [6.45, 7) is 0. The minimum Gasteiger partial charge on any atom is -0.294 e. The van der Waals surface area contributed by atoms with Crippen molar-refractivity contribution in [2.75, 3.05) is 6.26 Å². The molecular formula is C11H12N4O3S. The molecule has 0 saturated heterocycles. The first-order valence-corrected chi connectivity index (χ1v) is 7.31. The number of aromatic nitrogens is 4. The number of sulfone groups is 1. The lowest BCUT2D eigenvalue weighted by molar-refractivity contribution is 0.0990. The summed E-state index contributed by atoms with van der Waals surface area (Å²) in [7, 11) is -1.64. The molecule has 0 saturated carbocycles. The van der Waals surface area contributed by atoms with Gasteiger partial charge in [-0.05, 0) is 17.3 Å². The molecule has 0 fully saturated rings. The summed E-state index contributed by atoms with van der Waals surface area (Å²) in [5.74, 6) is 0.146. The largest absolute Gasteiger partial charge is 0.294 e. The molecule has 0 aliphatic heterocycles. The maximum absolute atomic E-state index is 11.9. The molecule has 2 rings (SSSR count). The molecule has 1 heterocycles.